The molecule has 2 heterocycles. The summed E-state index contributed by atoms with van der Waals surface area (Å²) in [6.07, 6.45) is 2.88. The SMILES string of the molecule is O=C(CN1C(=O)N/C(=C\c2ccccc2O)C1=O)Nc1nccs1. The number of phenols is 1. The third kappa shape index (κ3) is 3.25. The van der Waals surface area contributed by atoms with E-state index in [1.807, 2.05) is 0 Å². The monoisotopic (exact) mass is 344 g/mol. The van der Waals surface area contributed by atoms with Gasteiger partial charge in [0, 0.05) is 17.1 Å². The van der Waals surface area contributed by atoms with Crippen molar-refractivity contribution >= 4 is 40.4 Å². The molecule has 3 N–H and O–H groups in total. The number of thiazole rings is 1. The van der Waals surface area contributed by atoms with E-state index in [0.717, 1.165) is 4.90 Å². The number of imide groups is 1. The van der Waals surface area contributed by atoms with E-state index in [4.69, 9.17) is 0 Å². The smallest absolute Gasteiger partial charge is 0.329 e. The van der Waals surface area contributed by atoms with Gasteiger partial charge in [-0.25, -0.2) is 14.7 Å². The molecule has 0 unspecified atom stereocenters. The Labute approximate surface area is 140 Å². The fourth-order valence-electron chi connectivity index (χ4n) is 2.07. The summed E-state index contributed by atoms with van der Waals surface area (Å²) < 4.78 is 0. The van der Waals surface area contributed by atoms with Gasteiger partial charge in [0.05, 0.1) is 0 Å². The van der Waals surface area contributed by atoms with Crippen LogP contribution in [0, 0.1) is 0 Å². The quantitative estimate of drug-likeness (QED) is 0.573. The number of anilines is 1. The van der Waals surface area contributed by atoms with Crippen molar-refractivity contribution in [1.82, 2.24) is 15.2 Å². The molecule has 1 saturated heterocycles. The average Bonchev–Trinajstić information content (AvgIpc) is 3.14. The highest BCUT2D eigenvalue weighted by Crippen LogP contribution is 2.21. The molecular weight excluding hydrogens is 332 g/mol. The van der Waals surface area contributed by atoms with Crippen LogP contribution in [0.25, 0.3) is 6.08 Å². The van der Waals surface area contributed by atoms with Crippen molar-refractivity contribution in [2.24, 2.45) is 0 Å². The summed E-state index contributed by atoms with van der Waals surface area (Å²) in [6.45, 7) is -0.428. The molecule has 0 bridgehead atoms. The number of nitrogens with zero attached hydrogens (tertiary/aromatic N) is 2. The van der Waals surface area contributed by atoms with Crippen molar-refractivity contribution < 1.29 is 19.5 Å². The molecule has 122 valence electrons. The number of urea groups is 1. The zero-order chi connectivity index (χ0) is 17.1. The molecular formula is C15H12N4O4S. The number of phenolic OH excluding ortho intramolecular Hbond substituents is 1. The van der Waals surface area contributed by atoms with Crippen molar-refractivity contribution in [2.75, 3.05) is 11.9 Å². The zero-order valence-corrected chi connectivity index (χ0v) is 13.0. The van der Waals surface area contributed by atoms with Gasteiger partial charge in [-0.15, -0.1) is 11.3 Å². The fraction of sp³-hybridized carbons (Fsp3) is 0.0667. The Hall–Kier alpha value is -3.20. The minimum absolute atomic E-state index is 0.0106. The Kier molecular flexibility index (Phi) is 4.25. The first kappa shape index (κ1) is 15.7. The largest absolute Gasteiger partial charge is 0.507 e. The Morgan fingerprint density at radius 3 is 2.88 bits per heavy atom. The molecule has 1 aromatic heterocycles. The predicted octanol–water partition coefficient (Wildman–Crippen LogP) is 1.38. The van der Waals surface area contributed by atoms with Crippen LogP contribution in [0.4, 0.5) is 9.93 Å². The highest BCUT2D eigenvalue weighted by atomic mass is 32.1. The second-order valence-electron chi connectivity index (χ2n) is 4.82. The number of carbonyl (C=O) groups is 3. The molecule has 1 aliphatic rings. The average molecular weight is 344 g/mol. The second kappa shape index (κ2) is 6.50. The first-order valence-electron chi connectivity index (χ1n) is 6.86. The third-order valence-electron chi connectivity index (χ3n) is 3.18. The van der Waals surface area contributed by atoms with E-state index in [1.165, 1.54) is 29.7 Å². The van der Waals surface area contributed by atoms with Crippen molar-refractivity contribution in [3.63, 3.8) is 0 Å². The normalized spacial score (nSPS) is 15.7. The van der Waals surface area contributed by atoms with E-state index in [0.29, 0.717) is 10.7 Å². The number of aromatic hydroxyl groups is 1. The van der Waals surface area contributed by atoms with Gasteiger partial charge in [0.2, 0.25) is 5.91 Å². The van der Waals surface area contributed by atoms with Gasteiger partial charge in [-0.3, -0.25) is 9.59 Å². The summed E-state index contributed by atoms with van der Waals surface area (Å²) in [5.74, 6) is -1.19. The van der Waals surface area contributed by atoms with Gasteiger partial charge in [-0.1, -0.05) is 18.2 Å². The van der Waals surface area contributed by atoms with Gasteiger partial charge < -0.3 is 15.7 Å². The number of rotatable bonds is 4. The molecule has 1 aromatic carbocycles. The molecule has 2 aromatic rings. The summed E-state index contributed by atoms with van der Waals surface area (Å²) in [5.41, 5.74) is 0.374. The van der Waals surface area contributed by atoms with Crippen molar-refractivity contribution in [1.29, 1.82) is 0 Å². The predicted molar refractivity (Wildman–Crippen MR) is 87.1 cm³/mol. The van der Waals surface area contributed by atoms with Crippen molar-refractivity contribution in [3.05, 3.63) is 47.1 Å². The van der Waals surface area contributed by atoms with Crippen LogP contribution in [0.2, 0.25) is 0 Å². The Morgan fingerprint density at radius 1 is 1.38 bits per heavy atom. The number of aromatic nitrogens is 1. The maximum Gasteiger partial charge on any atom is 0.329 e. The van der Waals surface area contributed by atoms with Crippen LogP contribution >= 0.6 is 11.3 Å². The van der Waals surface area contributed by atoms with Crippen LogP contribution in [0.3, 0.4) is 0 Å². The van der Waals surface area contributed by atoms with Gasteiger partial charge in [0.25, 0.3) is 5.91 Å². The van der Waals surface area contributed by atoms with Crippen LogP contribution in [0.1, 0.15) is 5.56 Å². The lowest BCUT2D eigenvalue weighted by atomic mass is 10.1. The van der Waals surface area contributed by atoms with Gasteiger partial charge in [-0.05, 0) is 12.1 Å². The molecule has 0 aliphatic carbocycles. The molecule has 0 saturated carbocycles. The Balaban J connectivity index is 1.72. The summed E-state index contributed by atoms with van der Waals surface area (Å²) in [5, 5.41) is 16.7. The van der Waals surface area contributed by atoms with Crippen LogP contribution < -0.4 is 10.6 Å². The molecule has 4 amide bonds. The molecule has 0 atom stereocenters. The van der Waals surface area contributed by atoms with E-state index in [9.17, 15) is 19.5 Å². The Morgan fingerprint density at radius 2 is 2.17 bits per heavy atom. The van der Waals surface area contributed by atoms with E-state index in [1.54, 1.807) is 23.6 Å². The Bertz CT molecular complexity index is 832. The molecule has 24 heavy (non-hydrogen) atoms. The molecule has 0 spiro atoms. The molecule has 0 radical (unpaired) electrons. The molecule has 1 aliphatic heterocycles. The number of benzene rings is 1. The van der Waals surface area contributed by atoms with Gasteiger partial charge >= 0.3 is 6.03 Å². The number of para-hydroxylation sites is 1. The van der Waals surface area contributed by atoms with E-state index in [-0.39, 0.29) is 11.4 Å². The lowest BCUT2D eigenvalue weighted by Crippen LogP contribution is -2.38. The highest BCUT2D eigenvalue weighted by molar-refractivity contribution is 7.13. The maximum absolute atomic E-state index is 12.3. The number of hydrogen-bond donors (Lipinski definition) is 3. The topological polar surface area (TPSA) is 112 Å². The molecule has 3 rings (SSSR count). The minimum Gasteiger partial charge on any atom is -0.507 e. The molecule has 8 nitrogen and oxygen atoms in total. The van der Waals surface area contributed by atoms with Crippen molar-refractivity contribution in [2.45, 2.75) is 0 Å². The zero-order valence-electron chi connectivity index (χ0n) is 12.2. The first-order chi connectivity index (χ1) is 11.5. The van der Waals surface area contributed by atoms with E-state index >= 15 is 0 Å². The molecule has 1 fully saturated rings. The summed E-state index contributed by atoms with van der Waals surface area (Å²) in [4.78, 5) is 40.8. The van der Waals surface area contributed by atoms with Gasteiger partial charge in [0.1, 0.15) is 18.0 Å². The van der Waals surface area contributed by atoms with Crippen LogP contribution in [0.15, 0.2) is 41.5 Å². The maximum atomic E-state index is 12.3. The standard InChI is InChI=1S/C15H12N4O4S/c20-11-4-2-1-3-9(11)7-10-13(22)19(15(23)17-10)8-12(21)18-14-16-5-6-24-14/h1-7,20H,8H2,(H,17,23)(H,16,18,21)/b10-7-. The second-order valence-corrected chi connectivity index (χ2v) is 5.72. The van der Waals surface area contributed by atoms with Crippen LogP contribution in [-0.4, -0.2) is 39.4 Å². The highest BCUT2D eigenvalue weighted by Gasteiger charge is 2.35. The van der Waals surface area contributed by atoms with E-state index < -0.39 is 24.4 Å². The van der Waals surface area contributed by atoms with Gasteiger partial charge in [0.15, 0.2) is 5.13 Å². The third-order valence-corrected chi connectivity index (χ3v) is 3.87. The number of carbonyl (C=O) groups excluding carboxylic acids is 3. The number of hydrogen-bond acceptors (Lipinski definition) is 6. The van der Waals surface area contributed by atoms with E-state index in [2.05, 4.69) is 15.6 Å². The van der Waals surface area contributed by atoms with Crippen LogP contribution in [0.5, 0.6) is 5.75 Å². The lowest BCUT2D eigenvalue weighted by molar-refractivity contribution is -0.127. The number of amides is 4. The van der Waals surface area contributed by atoms with Crippen LogP contribution in [-0.2, 0) is 9.59 Å². The summed E-state index contributed by atoms with van der Waals surface area (Å²) in [6, 6.07) is 5.69. The number of nitrogens with one attached hydrogen (secondary N) is 2. The first-order valence-corrected chi connectivity index (χ1v) is 7.74. The summed E-state index contributed by atoms with van der Waals surface area (Å²) in [7, 11) is 0. The lowest BCUT2D eigenvalue weighted by Gasteiger charge is -2.10. The molecule has 9 heteroatoms. The van der Waals surface area contributed by atoms with Crippen molar-refractivity contribution in [3.8, 4) is 5.75 Å². The summed E-state index contributed by atoms with van der Waals surface area (Å²) >= 11 is 1.23. The minimum atomic E-state index is -0.698. The van der Waals surface area contributed by atoms with Gasteiger partial charge in [-0.2, -0.15) is 0 Å². The fourth-order valence-corrected chi connectivity index (χ4v) is 2.61.